The van der Waals surface area contributed by atoms with Crippen molar-refractivity contribution < 1.29 is 29.0 Å². The van der Waals surface area contributed by atoms with E-state index in [1.54, 1.807) is 60.8 Å². The number of carbonyl (C=O) groups is 3. The normalized spacial score (nSPS) is 16.5. The zero-order valence-electron chi connectivity index (χ0n) is 22.1. The monoisotopic (exact) mass is 558 g/mol. The maximum absolute atomic E-state index is 13.6. The molecule has 0 bridgehead atoms. The Morgan fingerprint density at radius 2 is 1.95 bits per heavy atom. The lowest BCUT2D eigenvalue weighted by Crippen LogP contribution is -2.29. The summed E-state index contributed by atoms with van der Waals surface area (Å²) in [6.07, 6.45) is 3.16. The molecule has 1 aromatic carbocycles. The highest BCUT2D eigenvalue weighted by Crippen LogP contribution is 2.44. The number of ketones is 1. The molecule has 1 unspecified atom stereocenters. The van der Waals surface area contributed by atoms with Gasteiger partial charge in [-0.15, -0.1) is 0 Å². The van der Waals surface area contributed by atoms with E-state index in [9.17, 15) is 19.5 Å². The van der Waals surface area contributed by atoms with E-state index < -0.39 is 23.7 Å². The third-order valence-corrected chi connectivity index (χ3v) is 7.50. The molecule has 3 aromatic heterocycles. The van der Waals surface area contributed by atoms with Crippen molar-refractivity contribution in [3.63, 3.8) is 0 Å². The molecule has 1 aliphatic rings. The number of amides is 1. The minimum atomic E-state index is -1.06. The molecule has 4 aromatic rings. The molecule has 1 saturated heterocycles. The largest absolute Gasteiger partial charge is 0.505 e. The molecule has 1 fully saturated rings. The topological polar surface area (TPSA) is 123 Å². The summed E-state index contributed by atoms with van der Waals surface area (Å²) in [7, 11) is 0. The number of aryl methyl sites for hydroxylation is 2. The maximum atomic E-state index is 13.6. The molecule has 11 heteroatoms. The lowest BCUT2D eigenvalue weighted by Gasteiger charge is -2.23. The van der Waals surface area contributed by atoms with Crippen molar-refractivity contribution in [2.24, 2.45) is 0 Å². The van der Waals surface area contributed by atoms with Crippen LogP contribution in [0.3, 0.4) is 0 Å². The van der Waals surface area contributed by atoms with Crippen LogP contribution in [-0.2, 0) is 14.3 Å². The summed E-state index contributed by atoms with van der Waals surface area (Å²) in [5, 5.41) is 11.8. The fourth-order valence-electron chi connectivity index (χ4n) is 4.69. The van der Waals surface area contributed by atoms with Gasteiger partial charge in [-0.25, -0.2) is 14.8 Å². The number of hydrogen-bond acceptors (Lipinski definition) is 9. The van der Waals surface area contributed by atoms with E-state index in [4.69, 9.17) is 9.47 Å². The standard InChI is InChI=1S/C29H26N4O6S/c1-5-14-39-28(37)26-17(4)31-29(40-26)33-23(18-10-9-11-19(15-18)38-6-2)21(25(35)27(33)36)24(34)22-16(3)30-20-12-7-8-13-32(20)22/h5,7-13,15,23,34H,1,6,14H2,2-4H3/b24-21+. The predicted octanol–water partition coefficient (Wildman–Crippen LogP) is 4.78. The third-order valence-electron chi connectivity index (χ3n) is 6.37. The number of aliphatic hydroxyl groups is 1. The number of aliphatic hydroxyl groups excluding tert-OH is 1. The zero-order chi connectivity index (χ0) is 28.6. The van der Waals surface area contributed by atoms with Gasteiger partial charge >= 0.3 is 11.9 Å². The summed E-state index contributed by atoms with van der Waals surface area (Å²) in [5.74, 6) is -2.24. The number of hydrogen-bond donors (Lipinski definition) is 1. The van der Waals surface area contributed by atoms with E-state index in [1.807, 2.05) is 13.0 Å². The van der Waals surface area contributed by atoms with Crippen LogP contribution in [0.4, 0.5) is 5.13 Å². The fraction of sp³-hybridized carbons (Fsp3) is 0.207. The molecule has 40 heavy (non-hydrogen) atoms. The van der Waals surface area contributed by atoms with Crippen molar-refractivity contribution in [3.8, 4) is 5.75 Å². The number of imidazole rings is 1. The highest BCUT2D eigenvalue weighted by Gasteiger charge is 2.49. The van der Waals surface area contributed by atoms with Crippen molar-refractivity contribution in [2.75, 3.05) is 18.1 Å². The molecule has 10 nitrogen and oxygen atoms in total. The number of pyridine rings is 1. The molecule has 0 saturated carbocycles. The van der Waals surface area contributed by atoms with Crippen LogP contribution in [0.2, 0.25) is 0 Å². The predicted molar refractivity (Wildman–Crippen MR) is 150 cm³/mol. The lowest BCUT2D eigenvalue weighted by atomic mass is 9.96. The van der Waals surface area contributed by atoms with Crippen molar-refractivity contribution in [1.82, 2.24) is 14.4 Å². The van der Waals surface area contributed by atoms with Gasteiger partial charge in [0, 0.05) is 6.20 Å². The van der Waals surface area contributed by atoms with Crippen LogP contribution < -0.4 is 9.64 Å². The van der Waals surface area contributed by atoms with Gasteiger partial charge < -0.3 is 14.6 Å². The molecular weight excluding hydrogens is 532 g/mol. The number of benzene rings is 1. The second kappa shape index (κ2) is 10.8. The van der Waals surface area contributed by atoms with Crippen LogP contribution in [0.5, 0.6) is 5.75 Å². The molecule has 0 aliphatic carbocycles. The molecule has 1 amide bonds. The van der Waals surface area contributed by atoms with Gasteiger partial charge in [-0.2, -0.15) is 0 Å². The van der Waals surface area contributed by atoms with Crippen LogP contribution in [0.15, 0.2) is 66.9 Å². The molecule has 1 aliphatic heterocycles. The van der Waals surface area contributed by atoms with Crippen LogP contribution >= 0.6 is 11.3 Å². The summed E-state index contributed by atoms with van der Waals surface area (Å²) < 4.78 is 12.5. The van der Waals surface area contributed by atoms with Gasteiger partial charge in [-0.3, -0.25) is 18.9 Å². The number of anilines is 1. The lowest BCUT2D eigenvalue weighted by molar-refractivity contribution is -0.132. The average molecular weight is 559 g/mol. The minimum absolute atomic E-state index is 0.0128. The van der Waals surface area contributed by atoms with Gasteiger partial charge in [0.25, 0.3) is 5.78 Å². The van der Waals surface area contributed by atoms with Gasteiger partial charge in [0.1, 0.15) is 28.6 Å². The Labute approximate surface area is 233 Å². The first-order valence-electron chi connectivity index (χ1n) is 12.5. The number of fused-ring (bicyclic) bond motifs is 1. The summed E-state index contributed by atoms with van der Waals surface area (Å²) in [6, 6.07) is 11.2. The summed E-state index contributed by atoms with van der Waals surface area (Å²) >= 11 is 0.931. The quantitative estimate of drug-likeness (QED) is 0.108. The fourth-order valence-corrected chi connectivity index (χ4v) is 5.67. The number of carbonyl (C=O) groups excluding carboxylic acids is 3. The van der Waals surface area contributed by atoms with Crippen molar-refractivity contribution in [2.45, 2.75) is 26.8 Å². The second-order valence-electron chi connectivity index (χ2n) is 8.95. The molecular formula is C29H26N4O6S. The number of nitrogens with zero attached hydrogens (tertiary/aromatic N) is 4. The van der Waals surface area contributed by atoms with E-state index in [-0.39, 0.29) is 27.9 Å². The first-order valence-corrected chi connectivity index (χ1v) is 13.3. The summed E-state index contributed by atoms with van der Waals surface area (Å²) in [6.45, 7) is 9.15. The Hall–Kier alpha value is -4.77. The van der Waals surface area contributed by atoms with E-state index in [1.165, 1.54) is 11.0 Å². The first kappa shape index (κ1) is 26.8. The highest BCUT2D eigenvalue weighted by atomic mass is 32.1. The van der Waals surface area contributed by atoms with Crippen LogP contribution in [0.25, 0.3) is 11.4 Å². The maximum Gasteiger partial charge on any atom is 0.350 e. The molecule has 0 radical (unpaired) electrons. The minimum Gasteiger partial charge on any atom is -0.505 e. The van der Waals surface area contributed by atoms with E-state index >= 15 is 0 Å². The van der Waals surface area contributed by atoms with Crippen LogP contribution in [-0.4, -0.2) is 50.3 Å². The Balaban J connectivity index is 1.72. The Bertz CT molecular complexity index is 1700. The number of rotatable bonds is 8. The second-order valence-corrected chi connectivity index (χ2v) is 9.92. The number of Topliss-reactive ketones (excluding diaryl/α,β-unsaturated/α-hetero) is 1. The first-order chi connectivity index (χ1) is 19.3. The van der Waals surface area contributed by atoms with E-state index in [0.717, 1.165) is 11.3 Å². The number of aromatic nitrogens is 3. The van der Waals surface area contributed by atoms with Gasteiger partial charge in [-0.05, 0) is 50.6 Å². The molecule has 5 rings (SSSR count). The molecule has 1 N–H and O–H groups in total. The number of esters is 1. The molecule has 204 valence electrons. The molecule has 4 heterocycles. The molecule has 0 spiro atoms. The molecule has 1 atom stereocenters. The Morgan fingerprint density at radius 1 is 1.15 bits per heavy atom. The Morgan fingerprint density at radius 3 is 2.70 bits per heavy atom. The summed E-state index contributed by atoms with van der Waals surface area (Å²) in [4.78, 5) is 50.2. The van der Waals surface area contributed by atoms with Crippen molar-refractivity contribution in [1.29, 1.82) is 0 Å². The van der Waals surface area contributed by atoms with E-state index in [2.05, 4.69) is 16.5 Å². The van der Waals surface area contributed by atoms with Gasteiger partial charge in [0.2, 0.25) is 0 Å². The van der Waals surface area contributed by atoms with E-state index in [0.29, 0.717) is 40.6 Å². The number of thiazole rings is 1. The summed E-state index contributed by atoms with van der Waals surface area (Å²) in [5.41, 5.74) is 2.08. The average Bonchev–Trinajstić information content (AvgIpc) is 3.57. The highest BCUT2D eigenvalue weighted by molar-refractivity contribution is 7.17. The smallest absolute Gasteiger partial charge is 0.350 e. The van der Waals surface area contributed by atoms with Crippen molar-refractivity contribution >= 4 is 45.5 Å². The SMILES string of the molecule is C=CCOC(=O)c1sc(N2C(=O)C(=O)/C(=C(/O)c3c(C)nc4ccccn34)C2c2cccc(OCC)c2)nc1C. The zero-order valence-corrected chi connectivity index (χ0v) is 22.9. The van der Waals surface area contributed by atoms with Gasteiger partial charge in [0.15, 0.2) is 10.9 Å². The van der Waals surface area contributed by atoms with Crippen LogP contribution in [0, 0.1) is 13.8 Å². The van der Waals surface area contributed by atoms with Gasteiger partial charge in [0.05, 0.1) is 29.6 Å². The van der Waals surface area contributed by atoms with Crippen LogP contribution in [0.1, 0.15) is 45.3 Å². The third kappa shape index (κ3) is 4.54. The number of ether oxygens (including phenoxy) is 2. The van der Waals surface area contributed by atoms with Crippen molar-refractivity contribution in [3.05, 3.63) is 94.4 Å². The van der Waals surface area contributed by atoms with Gasteiger partial charge in [-0.1, -0.05) is 42.2 Å². The Kier molecular flexibility index (Phi) is 7.22.